The molecular weight excluding hydrogens is 222 g/mol. The van der Waals surface area contributed by atoms with Crippen molar-refractivity contribution in [3.8, 4) is 0 Å². The molecule has 2 nitrogen and oxygen atoms in total. The first kappa shape index (κ1) is 12.5. The molecule has 0 saturated carbocycles. The van der Waals surface area contributed by atoms with E-state index in [0.29, 0.717) is 0 Å². The van der Waals surface area contributed by atoms with Gasteiger partial charge in [0.2, 0.25) is 0 Å². The van der Waals surface area contributed by atoms with Crippen molar-refractivity contribution in [1.29, 1.82) is 0 Å². The molecule has 1 aromatic rings. The van der Waals surface area contributed by atoms with Crippen LogP contribution >= 0.6 is 0 Å². The van der Waals surface area contributed by atoms with E-state index in [9.17, 15) is 8.78 Å². The summed E-state index contributed by atoms with van der Waals surface area (Å²) in [6, 6.07) is 6.94. The highest BCUT2D eigenvalue weighted by Gasteiger charge is 2.25. The number of alkyl halides is 2. The van der Waals surface area contributed by atoms with E-state index in [1.807, 2.05) is 0 Å². The third kappa shape index (κ3) is 2.82. The second-order valence-corrected chi connectivity index (χ2v) is 4.71. The first-order chi connectivity index (χ1) is 7.98. The van der Waals surface area contributed by atoms with Crippen LogP contribution in [0.25, 0.3) is 0 Å². The number of likely N-dealkylation sites (N-methyl/N-ethyl adjacent to an activating group) is 1. The lowest BCUT2D eigenvalue weighted by Gasteiger charge is -2.33. The summed E-state index contributed by atoms with van der Waals surface area (Å²) in [7, 11) is 2.06. The Hall–Kier alpha value is -1.00. The Morgan fingerprint density at radius 3 is 2.47 bits per heavy atom. The quantitative estimate of drug-likeness (QED) is 0.853. The van der Waals surface area contributed by atoms with Crippen LogP contribution < -0.4 is 5.32 Å². The fourth-order valence-corrected chi connectivity index (χ4v) is 2.18. The smallest absolute Gasteiger partial charge is 0.270 e. The molecule has 0 aromatic heterocycles. The van der Waals surface area contributed by atoms with Gasteiger partial charge in [0, 0.05) is 38.2 Å². The van der Waals surface area contributed by atoms with Crippen LogP contribution in [-0.2, 0) is 5.92 Å². The molecule has 1 aromatic carbocycles. The minimum absolute atomic E-state index is 0.0765. The Morgan fingerprint density at radius 2 is 1.94 bits per heavy atom. The van der Waals surface area contributed by atoms with Crippen molar-refractivity contribution in [2.24, 2.45) is 0 Å². The van der Waals surface area contributed by atoms with Gasteiger partial charge in [0.25, 0.3) is 5.92 Å². The Morgan fingerprint density at radius 1 is 1.29 bits per heavy atom. The molecule has 1 N–H and O–H groups in total. The van der Waals surface area contributed by atoms with Gasteiger partial charge in [-0.25, -0.2) is 8.78 Å². The van der Waals surface area contributed by atoms with Gasteiger partial charge in [-0.3, -0.25) is 4.90 Å². The number of nitrogens with one attached hydrogen (secondary N) is 1. The van der Waals surface area contributed by atoms with Gasteiger partial charge >= 0.3 is 0 Å². The highest BCUT2D eigenvalue weighted by Crippen LogP contribution is 2.29. The van der Waals surface area contributed by atoms with E-state index in [2.05, 4.69) is 17.3 Å². The van der Waals surface area contributed by atoms with E-state index in [-0.39, 0.29) is 11.6 Å². The Kier molecular flexibility index (Phi) is 3.45. The molecule has 0 bridgehead atoms. The number of halogens is 2. The van der Waals surface area contributed by atoms with Gasteiger partial charge < -0.3 is 5.32 Å². The monoisotopic (exact) mass is 240 g/mol. The maximum Gasteiger partial charge on any atom is 0.270 e. The number of nitrogens with zero attached hydrogens (tertiary/aromatic N) is 1. The molecule has 0 amide bonds. The van der Waals surface area contributed by atoms with Gasteiger partial charge in [0.15, 0.2) is 0 Å². The first-order valence-corrected chi connectivity index (χ1v) is 5.88. The Labute approximate surface area is 101 Å². The molecule has 17 heavy (non-hydrogen) atoms. The molecule has 1 aliphatic heterocycles. The average molecular weight is 240 g/mol. The third-order valence-electron chi connectivity index (χ3n) is 3.31. The summed E-state index contributed by atoms with van der Waals surface area (Å²) in [5, 5.41) is 3.32. The zero-order chi connectivity index (χ0) is 12.5. The third-order valence-corrected chi connectivity index (χ3v) is 3.31. The predicted octanol–water partition coefficient (Wildman–Crippen LogP) is 2.37. The number of hydrogen-bond acceptors (Lipinski definition) is 2. The van der Waals surface area contributed by atoms with Gasteiger partial charge in [0.05, 0.1) is 0 Å². The molecule has 1 aliphatic rings. The van der Waals surface area contributed by atoms with Gasteiger partial charge in [-0.15, -0.1) is 0 Å². The number of hydrogen-bond donors (Lipinski definition) is 1. The van der Waals surface area contributed by atoms with E-state index in [1.54, 1.807) is 12.1 Å². The standard InChI is InChI=1S/C13H18F2N2/c1-13(14,15)11-5-3-10(4-6-11)12-9-16-7-8-17(12)2/h3-6,12,16H,7-9H2,1-2H3. The van der Waals surface area contributed by atoms with Crippen LogP contribution in [0.4, 0.5) is 8.78 Å². The van der Waals surface area contributed by atoms with Crippen molar-refractivity contribution in [3.63, 3.8) is 0 Å². The topological polar surface area (TPSA) is 15.3 Å². The maximum absolute atomic E-state index is 13.1. The summed E-state index contributed by atoms with van der Waals surface area (Å²) >= 11 is 0. The molecule has 1 fully saturated rings. The van der Waals surface area contributed by atoms with Crippen molar-refractivity contribution >= 4 is 0 Å². The lowest BCUT2D eigenvalue weighted by atomic mass is 10.0. The molecule has 2 rings (SSSR count). The Balaban J connectivity index is 2.17. The highest BCUT2D eigenvalue weighted by atomic mass is 19.3. The van der Waals surface area contributed by atoms with Crippen LogP contribution in [-0.4, -0.2) is 31.6 Å². The largest absolute Gasteiger partial charge is 0.314 e. The van der Waals surface area contributed by atoms with Crippen molar-refractivity contribution in [3.05, 3.63) is 35.4 Å². The summed E-state index contributed by atoms with van der Waals surface area (Å²) in [6.45, 7) is 3.77. The molecule has 94 valence electrons. The minimum Gasteiger partial charge on any atom is -0.314 e. The summed E-state index contributed by atoms with van der Waals surface area (Å²) < 4.78 is 26.2. The highest BCUT2D eigenvalue weighted by molar-refractivity contribution is 5.28. The first-order valence-electron chi connectivity index (χ1n) is 5.88. The molecule has 1 heterocycles. The summed E-state index contributed by atoms with van der Waals surface area (Å²) in [5.74, 6) is -2.75. The molecule has 4 heteroatoms. The zero-order valence-electron chi connectivity index (χ0n) is 10.2. The molecular formula is C13H18F2N2. The van der Waals surface area contributed by atoms with E-state index in [0.717, 1.165) is 32.1 Å². The van der Waals surface area contributed by atoms with Crippen molar-refractivity contribution in [2.45, 2.75) is 18.9 Å². The lowest BCUT2D eigenvalue weighted by molar-refractivity contribution is 0.0174. The second-order valence-electron chi connectivity index (χ2n) is 4.71. The lowest BCUT2D eigenvalue weighted by Crippen LogP contribution is -2.43. The second kappa shape index (κ2) is 4.70. The van der Waals surface area contributed by atoms with Crippen LogP contribution in [0, 0.1) is 0 Å². The molecule has 0 aliphatic carbocycles. The average Bonchev–Trinajstić information content (AvgIpc) is 2.29. The summed E-state index contributed by atoms with van der Waals surface area (Å²) in [4.78, 5) is 2.25. The minimum atomic E-state index is -2.75. The number of rotatable bonds is 2. The molecule has 1 unspecified atom stereocenters. The normalized spacial score (nSPS) is 22.7. The van der Waals surface area contributed by atoms with Crippen molar-refractivity contribution in [1.82, 2.24) is 10.2 Å². The number of piperazine rings is 1. The van der Waals surface area contributed by atoms with Crippen LogP contribution in [0.5, 0.6) is 0 Å². The predicted molar refractivity (Wildman–Crippen MR) is 64.3 cm³/mol. The van der Waals surface area contributed by atoms with Crippen LogP contribution in [0.1, 0.15) is 24.1 Å². The summed E-state index contributed by atoms with van der Waals surface area (Å²) in [6.07, 6.45) is 0. The molecule has 1 atom stereocenters. The van der Waals surface area contributed by atoms with E-state index < -0.39 is 5.92 Å². The van der Waals surface area contributed by atoms with Crippen LogP contribution in [0.3, 0.4) is 0 Å². The molecule has 0 radical (unpaired) electrons. The molecule has 0 spiro atoms. The van der Waals surface area contributed by atoms with Gasteiger partial charge in [-0.1, -0.05) is 24.3 Å². The number of benzene rings is 1. The van der Waals surface area contributed by atoms with E-state index in [1.165, 1.54) is 12.1 Å². The van der Waals surface area contributed by atoms with Crippen molar-refractivity contribution < 1.29 is 8.78 Å². The van der Waals surface area contributed by atoms with Crippen molar-refractivity contribution in [2.75, 3.05) is 26.7 Å². The SMILES string of the molecule is CN1CCNCC1c1ccc(C(C)(F)F)cc1. The van der Waals surface area contributed by atoms with Gasteiger partial charge in [-0.05, 0) is 12.6 Å². The van der Waals surface area contributed by atoms with E-state index in [4.69, 9.17) is 0 Å². The van der Waals surface area contributed by atoms with Gasteiger partial charge in [-0.2, -0.15) is 0 Å². The summed E-state index contributed by atoms with van der Waals surface area (Å²) in [5.41, 5.74) is 1.17. The fraction of sp³-hybridized carbons (Fsp3) is 0.538. The van der Waals surface area contributed by atoms with E-state index >= 15 is 0 Å². The maximum atomic E-state index is 13.1. The zero-order valence-corrected chi connectivity index (χ0v) is 10.2. The van der Waals surface area contributed by atoms with Crippen LogP contribution in [0.15, 0.2) is 24.3 Å². The fourth-order valence-electron chi connectivity index (χ4n) is 2.18. The Bertz CT molecular complexity index is 370. The molecule has 1 saturated heterocycles. The van der Waals surface area contributed by atoms with Crippen LogP contribution in [0.2, 0.25) is 0 Å². The van der Waals surface area contributed by atoms with Gasteiger partial charge in [0.1, 0.15) is 0 Å².